The number of carbonyl (C=O) groups excluding carboxylic acids is 2. The normalized spacial score (nSPS) is 16.6. The molecule has 0 aliphatic carbocycles. The second kappa shape index (κ2) is 8.52. The SMILES string of the molecule is COc1ccccc1NC(=O)C1=C(C)N(C(C)C)C(=O)N[C@H]1c1ccc(F)cc1F. The van der Waals surface area contributed by atoms with Gasteiger partial charge >= 0.3 is 6.03 Å². The average Bonchev–Trinajstić information content (AvgIpc) is 2.67. The molecule has 0 saturated carbocycles. The third-order valence-corrected chi connectivity index (χ3v) is 4.92. The molecule has 0 unspecified atom stereocenters. The van der Waals surface area contributed by atoms with E-state index in [9.17, 15) is 18.4 Å². The summed E-state index contributed by atoms with van der Waals surface area (Å²) in [6, 6.07) is 8.11. The summed E-state index contributed by atoms with van der Waals surface area (Å²) in [7, 11) is 1.48. The fourth-order valence-corrected chi connectivity index (χ4v) is 3.58. The lowest BCUT2D eigenvalue weighted by molar-refractivity contribution is -0.113. The Labute approximate surface area is 173 Å². The number of carbonyl (C=O) groups is 2. The van der Waals surface area contributed by atoms with Crippen molar-refractivity contribution >= 4 is 17.6 Å². The van der Waals surface area contributed by atoms with Gasteiger partial charge in [-0.2, -0.15) is 0 Å². The zero-order valence-corrected chi connectivity index (χ0v) is 17.1. The van der Waals surface area contributed by atoms with Crippen molar-refractivity contribution in [2.24, 2.45) is 0 Å². The van der Waals surface area contributed by atoms with E-state index in [0.717, 1.165) is 12.1 Å². The smallest absolute Gasteiger partial charge is 0.322 e. The Morgan fingerprint density at radius 1 is 1.20 bits per heavy atom. The van der Waals surface area contributed by atoms with Crippen molar-refractivity contribution in [3.63, 3.8) is 0 Å². The van der Waals surface area contributed by atoms with Crippen LogP contribution in [0.2, 0.25) is 0 Å². The summed E-state index contributed by atoms with van der Waals surface area (Å²) in [5, 5.41) is 5.44. The zero-order valence-electron chi connectivity index (χ0n) is 17.1. The van der Waals surface area contributed by atoms with E-state index in [4.69, 9.17) is 4.74 Å². The van der Waals surface area contributed by atoms with Gasteiger partial charge in [0.15, 0.2) is 0 Å². The van der Waals surface area contributed by atoms with E-state index in [1.165, 1.54) is 18.1 Å². The van der Waals surface area contributed by atoms with Crippen molar-refractivity contribution < 1.29 is 23.1 Å². The van der Waals surface area contributed by atoms with Gasteiger partial charge in [0, 0.05) is 23.4 Å². The molecule has 158 valence electrons. The number of nitrogens with one attached hydrogen (secondary N) is 2. The number of ether oxygens (including phenoxy) is 1. The molecule has 30 heavy (non-hydrogen) atoms. The number of halogens is 2. The van der Waals surface area contributed by atoms with Crippen LogP contribution in [0.5, 0.6) is 5.75 Å². The molecule has 8 heteroatoms. The summed E-state index contributed by atoms with van der Waals surface area (Å²) >= 11 is 0. The minimum Gasteiger partial charge on any atom is -0.495 e. The highest BCUT2D eigenvalue weighted by atomic mass is 19.1. The number of amides is 3. The lowest BCUT2D eigenvalue weighted by Gasteiger charge is -2.38. The van der Waals surface area contributed by atoms with Crippen LogP contribution in [-0.2, 0) is 4.79 Å². The standard InChI is InChI=1S/C22H23F2N3O3/c1-12(2)27-13(3)19(21(28)25-17-7-5-6-8-18(17)30-4)20(26-22(27)29)15-10-9-14(23)11-16(15)24/h5-12,20H,1-4H3,(H,25,28)(H,26,29)/t20-/m0/s1. The molecule has 0 saturated heterocycles. The van der Waals surface area contributed by atoms with E-state index < -0.39 is 29.6 Å². The highest BCUT2D eigenvalue weighted by molar-refractivity contribution is 6.07. The zero-order chi connectivity index (χ0) is 22.0. The number of hydrogen-bond acceptors (Lipinski definition) is 3. The summed E-state index contributed by atoms with van der Waals surface area (Å²) in [6.07, 6.45) is 0. The molecule has 2 aromatic rings. The Balaban J connectivity index is 2.10. The minimum atomic E-state index is -1.08. The van der Waals surface area contributed by atoms with Gasteiger partial charge in [0.1, 0.15) is 17.4 Å². The van der Waals surface area contributed by atoms with Crippen molar-refractivity contribution in [1.29, 1.82) is 0 Å². The van der Waals surface area contributed by atoms with Crippen LogP contribution in [0.1, 0.15) is 32.4 Å². The summed E-state index contributed by atoms with van der Waals surface area (Å²) in [6.45, 7) is 5.24. The number of hydrogen-bond donors (Lipinski definition) is 2. The largest absolute Gasteiger partial charge is 0.495 e. The Kier molecular flexibility index (Phi) is 6.05. The van der Waals surface area contributed by atoms with Crippen LogP contribution in [0.4, 0.5) is 19.3 Å². The van der Waals surface area contributed by atoms with Gasteiger partial charge in [0.25, 0.3) is 5.91 Å². The maximum absolute atomic E-state index is 14.5. The molecule has 1 aliphatic heterocycles. The number of allylic oxidation sites excluding steroid dienone is 1. The number of nitrogens with zero attached hydrogens (tertiary/aromatic N) is 1. The molecule has 0 fully saturated rings. The predicted molar refractivity (Wildman–Crippen MR) is 109 cm³/mol. The lowest BCUT2D eigenvalue weighted by atomic mass is 9.93. The third-order valence-electron chi connectivity index (χ3n) is 4.92. The predicted octanol–water partition coefficient (Wildman–Crippen LogP) is 4.36. The summed E-state index contributed by atoms with van der Waals surface area (Å²) < 4.78 is 33.2. The molecular formula is C22H23F2N3O3. The fourth-order valence-electron chi connectivity index (χ4n) is 3.58. The van der Waals surface area contributed by atoms with Crippen molar-refractivity contribution in [1.82, 2.24) is 10.2 Å². The Hall–Kier alpha value is -3.42. The maximum atomic E-state index is 14.5. The molecule has 2 aromatic carbocycles. The molecule has 0 spiro atoms. The van der Waals surface area contributed by atoms with Gasteiger partial charge in [-0.3, -0.25) is 9.69 Å². The third kappa shape index (κ3) is 3.98. The minimum absolute atomic E-state index is 0.00215. The van der Waals surface area contributed by atoms with Gasteiger partial charge in [0.05, 0.1) is 24.4 Å². The van der Waals surface area contributed by atoms with Crippen LogP contribution in [0.25, 0.3) is 0 Å². The van der Waals surface area contributed by atoms with Gasteiger partial charge in [-0.1, -0.05) is 18.2 Å². The monoisotopic (exact) mass is 415 g/mol. The van der Waals surface area contributed by atoms with Gasteiger partial charge in [0.2, 0.25) is 0 Å². The fraction of sp³-hybridized carbons (Fsp3) is 0.273. The van der Waals surface area contributed by atoms with E-state index in [0.29, 0.717) is 17.1 Å². The number of benzene rings is 2. The van der Waals surface area contributed by atoms with Crippen LogP contribution < -0.4 is 15.4 Å². The van der Waals surface area contributed by atoms with Crippen molar-refractivity contribution in [2.75, 3.05) is 12.4 Å². The van der Waals surface area contributed by atoms with E-state index in [-0.39, 0.29) is 17.2 Å². The molecule has 2 N–H and O–H groups in total. The van der Waals surface area contributed by atoms with Crippen molar-refractivity contribution in [3.8, 4) is 5.75 Å². The molecule has 0 aromatic heterocycles. The second-order valence-corrected chi connectivity index (χ2v) is 7.17. The first-order valence-corrected chi connectivity index (χ1v) is 9.44. The van der Waals surface area contributed by atoms with Crippen molar-refractivity contribution in [3.05, 3.63) is 70.9 Å². The molecule has 3 amide bonds. The van der Waals surface area contributed by atoms with E-state index >= 15 is 0 Å². The van der Waals surface area contributed by atoms with Crippen LogP contribution in [0.3, 0.4) is 0 Å². The van der Waals surface area contributed by atoms with Crippen molar-refractivity contribution in [2.45, 2.75) is 32.9 Å². The molecule has 1 heterocycles. The van der Waals surface area contributed by atoms with Gasteiger partial charge in [-0.15, -0.1) is 0 Å². The second-order valence-electron chi connectivity index (χ2n) is 7.17. The molecule has 1 aliphatic rings. The maximum Gasteiger partial charge on any atom is 0.322 e. The quantitative estimate of drug-likeness (QED) is 0.762. The first-order chi connectivity index (χ1) is 14.2. The number of methoxy groups -OCH3 is 1. The summed E-state index contributed by atoms with van der Waals surface area (Å²) in [5.41, 5.74) is 0.962. The molecule has 0 radical (unpaired) electrons. The number of urea groups is 1. The van der Waals surface area contributed by atoms with Crippen LogP contribution >= 0.6 is 0 Å². The van der Waals surface area contributed by atoms with Gasteiger partial charge < -0.3 is 15.4 Å². The topological polar surface area (TPSA) is 70.7 Å². The lowest BCUT2D eigenvalue weighted by Crippen LogP contribution is -2.51. The average molecular weight is 415 g/mol. The molecule has 3 rings (SSSR count). The number of rotatable bonds is 5. The number of para-hydroxylation sites is 2. The highest BCUT2D eigenvalue weighted by Crippen LogP contribution is 2.34. The van der Waals surface area contributed by atoms with E-state index in [2.05, 4.69) is 10.6 Å². The van der Waals surface area contributed by atoms with Gasteiger partial charge in [-0.05, 0) is 39.0 Å². The Bertz CT molecular complexity index is 1020. The molecule has 0 bridgehead atoms. The molecule has 6 nitrogen and oxygen atoms in total. The van der Waals surface area contributed by atoms with E-state index in [1.807, 2.05) is 0 Å². The highest BCUT2D eigenvalue weighted by Gasteiger charge is 2.38. The number of anilines is 1. The first-order valence-electron chi connectivity index (χ1n) is 9.44. The Morgan fingerprint density at radius 3 is 2.53 bits per heavy atom. The summed E-state index contributed by atoms with van der Waals surface area (Å²) in [4.78, 5) is 27.4. The van der Waals surface area contributed by atoms with Crippen LogP contribution in [0.15, 0.2) is 53.7 Å². The van der Waals surface area contributed by atoms with Gasteiger partial charge in [-0.25, -0.2) is 13.6 Å². The van der Waals surface area contributed by atoms with Crippen LogP contribution in [-0.4, -0.2) is 30.0 Å². The molecule has 1 atom stereocenters. The molecular weight excluding hydrogens is 392 g/mol. The Morgan fingerprint density at radius 2 is 1.90 bits per heavy atom. The summed E-state index contributed by atoms with van der Waals surface area (Å²) in [5.74, 6) is -1.68. The van der Waals surface area contributed by atoms with Crippen LogP contribution in [0, 0.1) is 11.6 Å². The first kappa shape index (κ1) is 21.3. The van der Waals surface area contributed by atoms with E-state index in [1.54, 1.807) is 45.0 Å².